The Balaban J connectivity index is 3.11. The summed E-state index contributed by atoms with van der Waals surface area (Å²) in [5.74, 6) is -0.443. The maximum Gasteiger partial charge on any atom is 0.573 e. The van der Waals surface area contributed by atoms with E-state index in [1.54, 1.807) is 0 Å². The summed E-state index contributed by atoms with van der Waals surface area (Å²) in [5.41, 5.74) is 5.72. The molecule has 15 heavy (non-hydrogen) atoms. The van der Waals surface area contributed by atoms with Crippen LogP contribution in [0.3, 0.4) is 0 Å². The minimum atomic E-state index is -4.76. The number of hydrogen-bond acceptors (Lipinski definition) is 2. The van der Waals surface area contributed by atoms with Crippen LogP contribution in [-0.2, 0) is 5.33 Å². The van der Waals surface area contributed by atoms with Gasteiger partial charge in [0, 0.05) is 15.9 Å². The molecule has 2 N–H and O–H groups in total. The standard InChI is InChI=1S/C8H6BrClF3NO/c9-3-4-5(10)1-2-6(7(4)14)15-8(11,12)13/h1-2H,3,14H2. The van der Waals surface area contributed by atoms with Crippen LogP contribution in [-0.4, -0.2) is 6.36 Å². The molecular formula is C8H6BrClF3NO. The van der Waals surface area contributed by atoms with Crippen molar-refractivity contribution < 1.29 is 17.9 Å². The van der Waals surface area contributed by atoms with Crippen molar-refractivity contribution in [3.63, 3.8) is 0 Å². The van der Waals surface area contributed by atoms with Crippen LogP contribution in [0.15, 0.2) is 12.1 Å². The van der Waals surface area contributed by atoms with Crippen LogP contribution in [0, 0.1) is 0 Å². The maximum atomic E-state index is 11.9. The quantitative estimate of drug-likeness (QED) is 0.667. The third-order valence-corrected chi connectivity index (χ3v) is 2.53. The molecule has 0 saturated carbocycles. The minimum Gasteiger partial charge on any atom is -0.404 e. The molecule has 0 unspecified atom stereocenters. The van der Waals surface area contributed by atoms with Crippen LogP contribution < -0.4 is 10.5 Å². The molecule has 84 valence electrons. The van der Waals surface area contributed by atoms with Crippen LogP contribution >= 0.6 is 27.5 Å². The van der Waals surface area contributed by atoms with Crippen LogP contribution in [0.2, 0.25) is 5.02 Å². The summed E-state index contributed by atoms with van der Waals surface area (Å²) in [6.45, 7) is 0. The van der Waals surface area contributed by atoms with E-state index < -0.39 is 12.1 Å². The van der Waals surface area contributed by atoms with Gasteiger partial charge >= 0.3 is 6.36 Å². The molecule has 0 saturated heterocycles. The molecule has 0 heterocycles. The van der Waals surface area contributed by atoms with E-state index in [1.165, 1.54) is 6.07 Å². The number of halogens is 5. The summed E-state index contributed by atoms with van der Waals surface area (Å²) in [5, 5.41) is 0.547. The first-order chi connectivity index (χ1) is 6.85. The highest BCUT2D eigenvalue weighted by molar-refractivity contribution is 9.08. The second-order valence-corrected chi connectivity index (χ2v) is 3.59. The third-order valence-electron chi connectivity index (χ3n) is 1.62. The van der Waals surface area contributed by atoms with Gasteiger partial charge in [-0.1, -0.05) is 27.5 Å². The first-order valence-electron chi connectivity index (χ1n) is 3.73. The lowest BCUT2D eigenvalue weighted by Crippen LogP contribution is -2.18. The van der Waals surface area contributed by atoms with Crippen molar-refractivity contribution in [1.82, 2.24) is 0 Å². The van der Waals surface area contributed by atoms with E-state index in [2.05, 4.69) is 20.7 Å². The Morgan fingerprint density at radius 3 is 2.47 bits per heavy atom. The largest absolute Gasteiger partial charge is 0.573 e. The Labute approximate surface area is 97.3 Å². The molecule has 1 aromatic carbocycles. The molecule has 0 aliphatic heterocycles. The summed E-state index contributed by atoms with van der Waals surface area (Å²) >= 11 is 8.80. The van der Waals surface area contributed by atoms with Crippen molar-refractivity contribution in [2.45, 2.75) is 11.7 Å². The highest BCUT2D eigenvalue weighted by Crippen LogP contribution is 2.35. The molecule has 0 fully saturated rings. The molecule has 0 bridgehead atoms. The molecule has 0 radical (unpaired) electrons. The SMILES string of the molecule is Nc1c(OC(F)(F)F)ccc(Cl)c1CBr. The van der Waals surface area contributed by atoms with Crippen molar-refractivity contribution in [2.75, 3.05) is 5.73 Å². The Morgan fingerprint density at radius 2 is 2.00 bits per heavy atom. The third kappa shape index (κ3) is 3.17. The molecule has 2 nitrogen and oxygen atoms in total. The number of hydrogen-bond donors (Lipinski definition) is 1. The Hall–Kier alpha value is -0.620. The summed E-state index contributed by atoms with van der Waals surface area (Å²) in [7, 11) is 0. The molecular weight excluding hydrogens is 298 g/mol. The first-order valence-corrected chi connectivity index (χ1v) is 5.23. The van der Waals surface area contributed by atoms with Crippen LogP contribution in [0.25, 0.3) is 0 Å². The van der Waals surface area contributed by atoms with Crippen molar-refractivity contribution >= 4 is 33.2 Å². The van der Waals surface area contributed by atoms with Gasteiger partial charge in [0.05, 0.1) is 5.69 Å². The normalized spacial score (nSPS) is 11.5. The fraction of sp³-hybridized carbons (Fsp3) is 0.250. The smallest absolute Gasteiger partial charge is 0.404 e. The number of alkyl halides is 4. The van der Waals surface area contributed by atoms with E-state index in [4.69, 9.17) is 17.3 Å². The Bertz CT molecular complexity index is 370. The van der Waals surface area contributed by atoms with Crippen molar-refractivity contribution in [3.05, 3.63) is 22.7 Å². The number of nitrogens with two attached hydrogens (primary N) is 1. The molecule has 1 aromatic rings. The number of anilines is 1. The second kappa shape index (κ2) is 4.49. The molecule has 0 atom stereocenters. The Morgan fingerprint density at radius 1 is 1.40 bits per heavy atom. The highest BCUT2D eigenvalue weighted by Gasteiger charge is 2.32. The zero-order valence-corrected chi connectivity index (χ0v) is 9.58. The minimum absolute atomic E-state index is 0.114. The van der Waals surface area contributed by atoms with E-state index in [0.717, 1.165) is 6.07 Å². The first kappa shape index (κ1) is 12.4. The molecule has 7 heteroatoms. The maximum absolute atomic E-state index is 11.9. The van der Waals surface area contributed by atoms with E-state index >= 15 is 0 Å². The van der Waals surface area contributed by atoms with Gasteiger partial charge in [-0.15, -0.1) is 13.2 Å². The van der Waals surface area contributed by atoms with E-state index in [9.17, 15) is 13.2 Å². The fourth-order valence-corrected chi connectivity index (χ4v) is 1.96. The molecule has 1 rings (SSSR count). The highest BCUT2D eigenvalue weighted by atomic mass is 79.9. The topological polar surface area (TPSA) is 35.2 Å². The zero-order chi connectivity index (χ0) is 11.6. The van der Waals surface area contributed by atoms with Crippen LogP contribution in [0.1, 0.15) is 5.56 Å². The zero-order valence-electron chi connectivity index (χ0n) is 7.24. The van der Waals surface area contributed by atoms with E-state index in [-0.39, 0.29) is 11.0 Å². The lowest BCUT2D eigenvalue weighted by Gasteiger charge is -2.13. The van der Waals surface area contributed by atoms with Gasteiger partial charge in [0.2, 0.25) is 0 Å². The van der Waals surface area contributed by atoms with Crippen LogP contribution in [0.4, 0.5) is 18.9 Å². The molecule has 0 aliphatic carbocycles. The summed E-state index contributed by atoms with van der Waals surface area (Å²) < 4.78 is 39.5. The second-order valence-electron chi connectivity index (χ2n) is 2.62. The average Bonchev–Trinajstić information content (AvgIpc) is 2.09. The number of rotatable bonds is 2. The van der Waals surface area contributed by atoms with Gasteiger partial charge < -0.3 is 10.5 Å². The van der Waals surface area contributed by atoms with E-state index in [0.29, 0.717) is 10.6 Å². The van der Waals surface area contributed by atoms with Crippen LogP contribution in [0.5, 0.6) is 5.75 Å². The predicted molar refractivity (Wildman–Crippen MR) is 55.2 cm³/mol. The summed E-state index contributed by atoms with van der Waals surface area (Å²) in [4.78, 5) is 0. The monoisotopic (exact) mass is 303 g/mol. The summed E-state index contributed by atoms with van der Waals surface area (Å²) in [6, 6.07) is 2.38. The van der Waals surface area contributed by atoms with Gasteiger partial charge in [-0.05, 0) is 12.1 Å². The number of benzene rings is 1. The van der Waals surface area contributed by atoms with Gasteiger partial charge in [-0.2, -0.15) is 0 Å². The number of ether oxygens (including phenoxy) is 1. The molecule has 0 aromatic heterocycles. The van der Waals surface area contributed by atoms with E-state index in [1.807, 2.05) is 0 Å². The van der Waals surface area contributed by atoms with Crippen molar-refractivity contribution in [2.24, 2.45) is 0 Å². The van der Waals surface area contributed by atoms with Crippen molar-refractivity contribution in [3.8, 4) is 5.75 Å². The lowest BCUT2D eigenvalue weighted by molar-refractivity contribution is -0.274. The number of nitrogen functional groups attached to an aromatic ring is 1. The van der Waals surface area contributed by atoms with Gasteiger partial charge in [-0.25, -0.2) is 0 Å². The van der Waals surface area contributed by atoms with Gasteiger partial charge in [0.15, 0.2) is 5.75 Å². The average molecular weight is 304 g/mol. The predicted octanol–water partition coefficient (Wildman–Crippen LogP) is 3.72. The van der Waals surface area contributed by atoms with Gasteiger partial charge in [0.25, 0.3) is 0 Å². The van der Waals surface area contributed by atoms with Gasteiger partial charge in [-0.3, -0.25) is 0 Å². The lowest BCUT2D eigenvalue weighted by atomic mass is 10.2. The van der Waals surface area contributed by atoms with Gasteiger partial charge in [0.1, 0.15) is 0 Å². The molecule has 0 spiro atoms. The van der Waals surface area contributed by atoms with Crippen molar-refractivity contribution in [1.29, 1.82) is 0 Å². The Kier molecular flexibility index (Phi) is 3.72. The molecule has 0 aliphatic rings. The molecule has 0 amide bonds. The summed E-state index contributed by atoms with van der Waals surface area (Å²) in [6.07, 6.45) is -4.76. The fourth-order valence-electron chi connectivity index (χ4n) is 0.966.